The molecule has 0 aliphatic heterocycles. The SMILES string of the molecule is COc1ccc(CNCCNc2ccc([N+](=O)[O-])cc2Cl)c(OC)c1OC.Cl. The zero-order chi connectivity index (χ0) is 19.8. The van der Waals surface area contributed by atoms with Crippen molar-refractivity contribution in [2.75, 3.05) is 39.7 Å². The molecule has 0 atom stereocenters. The van der Waals surface area contributed by atoms with Gasteiger partial charge in [-0.25, -0.2) is 0 Å². The fourth-order valence-electron chi connectivity index (χ4n) is 2.57. The van der Waals surface area contributed by atoms with Gasteiger partial charge < -0.3 is 24.8 Å². The van der Waals surface area contributed by atoms with Crippen LogP contribution in [0, 0.1) is 10.1 Å². The van der Waals surface area contributed by atoms with Gasteiger partial charge in [0.25, 0.3) is 5.69 Å². The number of ether oxygens (including phenoxy) is 3. The predicted molar refractivity (Wildman–Crippen MR) is 112 cm³/mol. The van der Waals surface area contributed by atoms with Crippen LogP contribution in [0.25, 0.3) is 0 Å². The highest BCUT2D eigenvalue weighted by atomic mass is 35.5. The third-order valence-corrected chi connectivity index (χ3v) is 4.19. The number of benzene rings is 2. The maximum Gasteiger partial charge on any atom is 0.271 e. The van der Waals surface area contributed by atoms with E-state index in [-0.39, 0.29) is 18.1 Å². The van der Waals surface area contributed by atoms with Gasteiger partial charge >= 0.3 is 0 Å². The number of methoxy groups -OCH3 is 3. The standard InChI is InChI=1S/C18H22ClN3O5.ClH/c1-25-16-7-4-12(17(26-2)18(16)27-3)11-20-8-9-21-15-6-5-13(22(23)24)10-14(15)19;/h4-7,10,20-21H,8-9,11H2,1-3H3;1H. The largest absolute Gasteiger partial charge is 0.493 e. The second-order valence-electron chi connectivity index (χ2n) is 5.52. The van der Waals surface area contributed by atoms with E-state index < -0.39 is 4.92 Å². The lowest BCUT2D eigenvalue weighted by atomic mass is 10.1. The van der Waals surface area contributed by atoms with Crippen molar-refractivity contribution in [2.24, 2.45) is 0 Å². The summed E-state index contributed by atoms with van der Waals surface area (Å²) < 4.78 is 16.1. The molecule has 0 aromatic heterocycles. The van der Waals surface area contributed by atoms with Crippen LogP contribution >= 0.6 is 24.0 Å². The van der Waals surface area contributed by atoms with Crippen molar-refractivity contribution < 1.29 is 19.1 Å². The molecule has 0 fully saturated rings. The molecule has 0 aliphatic carbocycles. The molecule has 28 heavy (non-hydrogen) atoms. The minimum absolute atomic E-state index is 0. The zero-order valence-corrected chi connectivity index (χ0v) is 17.4. The van der Waals surface area contributed by atoms with Gasteiger partial charge in [-0.15, -0.1) is 12.4 Å². The van der Waals surface area contributed by atoms with E-state index in [9.17, 15) is 10.1 Å². The summed E-state index contributed by atoms with van der Waals surface area (Å²) in [5.74, 6) is 1.78. The molecular weight excluding hydrogens is 409 g/mol. The molecule has 154 valence electrons. The van der Waals surface area contributed by atoms with E-state index in [1.54, 1.807) is 27.4 Å². The normalized spacial score (nSPS) is 10.0. The summed E-state index contributed by atoms with van der Waals surface area (Å²) in [4.78, 5) is 10.2. The average molecular weight is 432 g/mol. The highest BCUT2D eigenvalue weighted by Crippen LogP contribution is 2.39. The number of hydrogen-bond acceptors (Lipinski definition) is 7. The van der Waals surface area contributed by atoms with Crippen LogP contribution in [0.2, 0.25) is 5.02 Å². The van der Waals surface area contributed by atoms with E-state index in [0.717, 1.165) is 5.56 Å². The Bertz CT molecular complexity index is 805. The van der Waals surface area contributed by atoms with Gasteiger partial charge in [0.2, 0.25) is 5.75 Å². The molecule has 2 N–H and O–H groups in total. The van der Waals surface area contributed by atoms with Crippen LogP contribution in [0.3, 0.4) is 0 Å². The Hall–Kier alpha value is -2.42. The van der Waals surface area contributed by atoms with Crippen LogP contribution in [0.15, 0.2) is 30.3 Å². The fourth-order valence-corrected chi connectivity index (χ4v) is 2.81. The third kappa shape index (κ3) is 5.79. The molecule has 0 aliphatic rings. The van der Waals surface area contributed by atoms with Crippen LogP contribution in [0.5, 0.6) is 17.2 Å². The lowest BCUT2D eigenvalue weighted by Crippen LogP contribution is -2.22. The molecule has 0 radical (unpaired) electrons. The van der Waals surface area contributed by atoms with Crippen molar-refractivity contribution in [1.82, 2.24) is 5.32 Å². The van der Waals surface area contributed by atoms with E-state index in [1.165, 1.54) is 12.1 Å². The van der Waals surface area contributed by atoms with E-state index >= 15 is 0 Å². The molecule has 0 saturated heterocycles. The number of rotatable bonds is 10. The van der Waals surface area contributed by atoms with Gasteiger partial charge in [-0.3, -0.25) is 10.1 Å². The molecule has 0 spiro atoms. The molecule has 2 aromatic rings. The summed E-state index contributed by atoms with van der Waals surface area (Å²) in [6.45, 7) is 1.80. The maximum absolute atomic E-state index is 10.7. The Morgan fingerprint density at radius 2 is 1.75 bits per heavy atom. The van der Waals surface area contributed by atoms with E-state index in [2.05, 4.69) is 10.6 Å². The molecular formula is C18H23Cl2N3O5. The number of anilines is 1. The first kappa shape index (κ1) is 23.6. The summed E-state index contributed by atoms with van der Waals surface area (Å²) in [6, 6.07) is 8.07. The third-order valence-electron chi connectivity index (χ3n) is 3.88. The monoisotopic (exact) mass is 431 g/mol. The van der Waals surface area contributed by atoms with Crippen molar-refractivity contribution in [1.29, 1.82) is 0 Å². The molecule has 8 nitrogen and oxygen atoms in total. The van der Waals surface area contributed by atoms with Crippen LogP contribution < -0.4 is 24.8 Å². The van der Waals surface area contributed by atoms with Crippen LogP contribution in [0.1, 0.15) is 5.56 Å². The molecule has 0 unspecified atom stereocenters. The summed E-state index contributed by atoms with van der Waals surface area (Å²) in [5, 5.41) is 17.5. The van der Waals surface area contributed by atoms with Crippen molar-refractivity contribution in [2.45, 2.75) is 6.54 Å². The average Bonchev–Trinajstić information content (AvgIpc) is 2.67. The van der Waals surface area contributed by atoms with Gasteiger partial charge in [-0.1, -0.05) is 17.7 Å². The second-order valence-corrected chi connectivity index (χ2v) is 5.93. The second kappa shape index (κ2) is 11.4. The fraction of sp³-hybridized carbons (Fsp3) is 0.333. The van der Waals surface area contributed by atoms with Crippen molar-refractivity contribution in [3.8, 4) is 17.2 Å². The first-order valence-electron chi connectivity index (χ1n) is 8.18. The first-order valence-corrected chi connectivity index (χ1v) is 8.56. The summed E-state index contributed by atoms with van der Waals surface area (Å²) in [6.07, 6.45) is 0. The van der Waals surface area contributed by atoms with E-state index in [1.807, 2.05) is 12.1 Å². The zero-order valence-electron chi connectivity index (χ0n) is 15.8. The van der Waals surface area contributed by atoms with Gasteiger partial charge in [-0.2, -0.15) is 0 Å². The number of hydrogen-bond donors (Lipinski definition) is 2. The van der Waals surface area contributed by atoms with E-state index in [0.29, 0.717) is 47.6 Å². The maximum atomic E-state index is 10.7. The van der Waals surface area contributed by atoms with E-state index in [4.69, 9.17) is 25.8 Å². The molecule has 2 aromatic carbocycles. The Balaban J connectivity index is 0.00000392. The number of nitrogens with one attached hydrogen (secondary N) is 2. The van der Waals surface area contributed by atoms with Gasteiger partial charge in [0.15, 0.2) is 11.5 Å². The minimum atomic E-state index is -0.478. The lowest BCUT2D eigenvalue weighted by molar-refractivity contribution is -0.384. The van der Waals surface area contributed by atoms with Gasteiger partial charge in [-0.05, 0) is 12.1 Å². The number of halogens is 2. The number of non-ortho nitro benzene ring substituents is 1. The Morgan fingerprint density at radius 1 is 1.04 bits per heavy atom. The van der Waals surface area contributed by atoms with Gasteiger partial charge in [0.05, 0.1) is 37.0 Å². The lowest BCUT2D eigenvalue weighted by Gasteiger charge is -2.16. The van der Waals surface area contributed by atoms with Crippen LogP contribution in [-0.2, 0) is 6.54 Å². The number of nitrogens with zero attached hydrogens (tertiary/aromatic N) is 1. The summed E-state index contributed by atoms with van der Waals surface area (Å²) in [5.41, 5.74) is 1.54. The highest BCUT2D eigenvalue weighted by Gasteiger charge is 2.15. The molecule has 0 bridgehead atoms. The van der Waals surface area contributed by atoms with Crippen molar-refractivity contribution in [3.05, 3.63) is 51.0 Å². The highest BCUT2D eigenvalue weighted by molar-refractivity contribution is 6.33. The number of nitro groups is 1. The Morgan fingerprint density at radius 3 is 2.32 bits per heavy atom. The topological polar surface area (TPSA) is 94.9 Å². The molecule has 10 heteroatoms. The Labute approximate surface area is 174 Å². The predicted octanol–water partition coefficient (Wildman–Crippen LogP) is 3.90. The molecule has 0 heterocycles. The number of nitro benzene ring substituents is 1. The van der Waals surface area contributed by atoms with Crippen LogP contribution in [0.4, 0.5) is 11.4 Å². The van der Waals surface area contributed by atoms with Crippen LogP contribution in [-0.4, -0.2) is 39.3 Å². The van der Waals surface area contributed by atoms with Crippen molar-refractivity contribution in [3.63, 3.8) is 0 Å². The first-order chi connectivity index (χ1) is 13.0. The van der Waals surface area contributed by atoms with Crippen molar-refractivity contribution >= 4 is 35.4 Å². The smallest absolute Gasteiger partial charge is 0.271 e. The molecule has 2 rings (SSSR count). The summed E-state index contributed by atoms with van der Waals surface area (Å²) in [7, 11) is 4.72. The quantitative estimate of drug-likeness (QED) is 0.334. The van der Waals surface area contributed by atoms with Gasteiger partial charge in [0, 0.05) is 37.3 Å². The minimum Gasteiger partial charge on any atom is -0.493 e. The molecule has 0 amide bonds. The summed E-state index contributed by atoms with van der Waals surface area (Å²) >= 11 is 6.05. The van der Waals surface area contributed by atoms with Gasteiger partial charge in [0.1, 0.15) is 0 Å². The molecule has 0 saturated carbocycles. The Kier molecular flexibility index (Phi) is 9.64.